The summed E-state index contributed by atoms with van der Waals surface area (Å²) in [7, 11) is 0. The van der Waals surface area contributed by atoms with Crippen LogP contribution in [0.5, 0.6) is 0 Å². The van der Waals surface area contributed by atoms with Gasteiger partial charge in [0.15, 0.2) is 0 Å². The summed E-state index contributed by atoms with van der Waals surface area (Å²) in [6.45, 7) is 0. The third-order valence-electron chi connectivity index (χ3n) is 4.51. The predicted octanol–water partition coefficient (Wildman–Crippen LogP) is 3.98. The summed E-state index contributed by atoms with van der Waals surface area (Å²) in [6.07, 6.45) is 2.24. The number of para-hydroxylation sites is 1. The predicted molar refractivity (Wildman–Crippen MR) is 108 cm³/mol. The second-order valence-electron chi connectivity index (χ2n) is 6.47. The third-order valence-corrected chi connectivity index (χ3v) is 4.51. The first-order chi connectivity index (χ1) is 13.8. The Morgan fingerprint density at radius 3 is 2.14 bits per heavy atom. The lowest BCUT2D eigenvalue weighted by Crippen LogP contribution is -2.31. The van der Waals surface area contributed by atoms with E-state index in [9.17, 15) is 4.79 Å². The molecular formula is C23H20N4O. The fourth-order valence-electron chi connectivity index (χ4n) is 3.08. The van der Waals surface area contributed by atoms with Crippen molar-refractivity contribution in [2.24, 2.45) is 0 Å². The molecule has 0 aliphatic heterocycles. The zero-order chi connectivity index (χ0) is 19.2. The zero-order valence-electron chi connectivity index (χ0n) is 15.3. The largest absolute Gasteiger partial charge is 0.342 e. The highest BCUT2D eigenvalue weighted by Gasteiger charge is 2.19. The van der Waals surface area contributed by atoms with Crippen LogP contribution in [0.25, 0.3) is 5.69 Å². The first-order valence-electron chi connectivity index (χ1n) is 9.16. The van der Waals surface area contributed by atoms with Crippen molar-refractivity contribution in [3.63, 3.8) is 0 Å². The van der Waals surface area contributed by atoms with Crippen LogP contribution in [0, 0.1) is 0 Å². The van der Waals surface area contributed by atoms with Crippen molar-refractivity contribution in [2.75, 3.05) is 0 Å². The van der Waals surface area contributed by atoms with Crippen LogP contribution in [0.1, 0.15) is 27.8 Å². The fraction of sp³-hybridized carbons (Fsp3) is 0.0870. The van der Waals surface area contributed by atoms with E-state index in [1.165, 1.54) is 0 Å². The van der Waals surface area contributed by atoms with Crippen molar-refractivity contribution in [3.05, 3.63) is 114 Å². The molecule has 0 fully saturated rings. The summed E-state index contributed by atoms with van der Waals surface area (Å²) >= 11 is 0. The van der Waals surface area contributed by atoms with Gasteiger partial charge in [0.1, 0.15) is 6.33 Å². The Labute approximate surface area is 163 Å². The highest BCUT2D eigenvalue weighted by Crippen LogP contribution is 2.19. The summed E-state index contributed by atoms with van der Waals surface area (Å²) in [5.74, 6) is -0.141. The van der Waals surface area contributed by atoms with E-state index in [1.54, 1.807) is 11.0 Å². The van der Waals surface area contributed by atoms with Gasteiger partial charge in [0, 0.05) is 0 Å². The number of aromatic nitrogens is 3. The molecule has 1 atom stereocenters. The standard InChI is InChI=1S/C23H20N4O/c28-23(22-24-17-27(26-22)20-14-8-3-9-15-20)25-21(19-12-6-2-7-13-19)16-18-10-4-1-5-11-18/h1-15,17,21H,16H2,(H,25,28)/t21-/m1/s1. The van der Waals surface area contributed by atoms with E-state index in [1.807, 2.05) is 78.9 Å². The van der Waals surface area contributed by atoms with Gasteiger partial charge in [0.2, 0.25) is 5.82 Å². The minimum absolute atomic E-state index is 0.151. The van der Waals surface area contributed by atoms with Crippen molar-refractivity contribution < 1.29 is 4.79 Å². The lowest BCUT2D eigenvalue weighted by Gasteiger charge is -2.18. The molecular weight excluding hydrogens is 348 g/mol. The lowest BCUT2D eigenvalue weighted by molar-refractivity contribution is 0.0926. The molecule has 0 saturated carbocycles. The molecule has 0 bridgehead atoms. The molecule has 4 rings (SSSR count). The van der Waals surface area contributed by atoms with Crippen LogP contribution in [0.3, 0.4) is 0 Å². The van der Waals surface area contributed by atoms with Gasteiger partial charge >= 0.3 is 0 Å². The fourth-order valence-corrected chi connectivity index (χ4v) is 3.08. The molecule has 5 nitrogen and oxygen atoms in total. The summed E-state index contributed by atoms with van der Waals surface area (Å²) in [4.78, 5) is 17.0. The van der Waals surface area contributed by atoms with Gasteiger partial charge in [-0.1, -0.05) is 78.9 Å². The minimum Gasteiger partial charge on any atom is -0.342 e. The number of rotatable bonds is 6. The molecule has 5 heteroatoms. The maximum absolute atomic E-state index is 12.8. The Morgan fingerprint density at radius 1 is 0.857 bits per heavy atom. The Bertz CT molecular complexity index is 1030. The normalized spacial score (nSPS) is 11.7. The van der Waals surface area contributed by atoms with Crippen LogP contribution in [0.4, 0.5) is 0 Å². The molecule has 0 unspecified atom stereocenters. The Balaban J connectivity index is 1.55. The zero-order valence-corrected chi connectivity index (χ0v) is 15.3. The molecule has 1 aromatic heterocycles. The molecule has 1 N–H and O–H groups in total. The van der Waals surface area contributed by atoms with Crippen LogP contribution in [-0.2, 0) is 6.42 Å². The first kappa shape index (κ1) is 17.7. The van der Waals surface area contributed by atoms with Crippen LogP contribution >= 0.6 is 0 Å². The first-order valence-corrected chi connectivity index (χ1v) is 9.16. The van der Waals surface area contributed by atoms with Gasteiger partial charge in [0.25, 0.3) is 5.91 Å². The molecule has 1 heterocycles. The molecule has 0 aliphatic carbocycles. The number of hydrogen-bond acceptors (Lipinski definition) is 3. The molecule has 0 saturated heterocycles. The number of amides is 1. The van der Waals surface area contributed by atoms with E-state index in [0.717, 1.165) is 16.8 Å². The van der Waals surface area contributed by atoms with Gasteiger partial charge in [-0.25, -0.2) is 9.67 Å². The van der Waals surface area contributed by atoms with Gasteiger partial charge in [-0.2, -0.15) is 0 Å². The maximum Gasteiger partial charge on any atom is 0.291 e. The number of carbonyl (C=O) groups is 1. The minimum atomic E-state index is -0.292. The van der Waals surface area contributed by atoms with Crippen LogP contribution in [0.15, 0.2) is 97.3 Å². The van der Waals surface area contributed by atoms with E-state index in [0.29, 0.717) is 6.42 Å². The van der Waals surface area contributed by atoms with Crippen molar-refractivity contribution in [1.29, 1.82) is 0 Å². The summed E-state index contributed by atoms with van der Waals surface area (Å²) in [5.41, 5.74) is 3.06. The maximum atomic E-state index is 12.8. The SMILES string of the molecule is O=C(N[C@H](Cc1ccccc1)c1ccccc1)c1ncn(-c2ccccc2)n1. The quantitative estimate of drug-likeness (QED) is 0.560. The number of nitrogens with zero attached hydrogens (tertiary/aromatic N) is 3. The topological polar surface area (TPSA) is 59.8 Å². The summed E-state index contributed by atoms with van der Waals surface area (Å²) < 4.78 is 1.60. The Morgan fingerprint density at radius 2 is 1.46 bits per heavy atom. The second-order valence-corrected chi connectivity index (χ2v) is 6.47. The van der Waals surface area contributed by atoms with Crippen molar-refractivity contribution in [2.45, 2.75) is 12.5 Å². The van der Waals surface area contributed by atoms with Gasteiger partial charge < -0.3 is 5.32 Å². The molecule has 0 radical (unpaired) electrons. The smallest absolute Gasteiger partial charge is 0.291 e. The molecule has 3 aromatic carbocycles. The van der Waals surface area contributed by atoms with Gasteiger partial charge in [0.05, 0.1) is 11.7 Å². The number of benzene rings is 3. The molecule has 28 heavy (non-hydrogen) atoms. The molecule has 138 valence electrons. The van der Waals surface area contributed by atoms with E-state index in [-0.39, 0.29) is 17.8 Å². The highest BCUT2D eigenvalue weighted by molar-refractivity contribution is 5.90. The molecule has 0 aliphatic rings. The van der Waals surface area contributed by atoms with E-state index in [4.69, 9.17) is 0 Å². The van der Waals surface area contributed by atoms with Gasteiger partial charge in [-0.3, -0.25) is 4.79 Å². The van der Waals surface area contributed by atoms with E-state index < -0.39 is 0 Å². The van der Waals surface area contributed by atoms with Crippen LogP contribution in [-0.4, -0.2) is 20.7 Å². The Hall–Kier alpha value is -3.73. The lowest BCUT2D eigenvalue weighted by atomic mass is 9.99. The highest BCUT2D eigenvalue weighted by atomic mass is 16.2. The number of hydrogen-bond donors (Lipinski definition) is 1. The van der Waals surface area contributed by atoms with E-state index in [2.05, 4.69) is 27.5 Å². The number of carbonyl (C=O) groups excluding carboxylic acids is 1. The average molecular weight is 368 g/mol. The number of nitrogens with one attached hydrogen (secondary N) is 1. The Kier molecular flexibility index (Phi) is 5.24. The van der Waals surface area contributed by atoms with Crippen LogP contribution in [0.2, 0.25) is 0 Å². The summed E-state index contributed by atoms with van der Waals surface area (Å²) in [6, 6.07) is 29.5. The van der Waals surface area contributed by atoms with E-state index >= 15 is 0 Å². The van der Waals surface area contributed by atoms with Gasteiger partial charge in [-0.15, -0.1) is 5.10 Å². The van der Waals surface area contributed by atoms with Crippen molar-refractivity contribution >= 4 is 5.91 Å². The second kappa shape index (κ2) is 8.31. The molecule has 1 amide bonds. The third kappa shape index (κ3) is 4.15. The average Bonchev–Trinajstić information content (AvgIpc) is 3.26. The summed E-state index contributed by atoms with van der Waals surface area (Å²) in [5, 5.41) is 7.41. The monoisotopic (exact) mass is 368 g/mol. The molecule has 4 aromatic rings. The van der Waals surface area contributed by atoms with Crippen molar-refractivity contribution in [1.82, 2.24) is 20.1 Å². The van der Waals surface area contributed by atoms with Crippen molar-refractivity contribution in [3.8, 4) is 5.69 Å². The van der Waals surface area contributed by atoms with Crippen LogP contribution < -0.4 is 5.32 Å². The molecule has 0 spiro atoms. The van der Waals surface area contributed by atoms with Gasteiger partial charge in [-0.05, 0) is 29.7 Å².